The van der Waals surface area contributed by atoms with Gasteiger partial charge in [-0.3, -0.25) is 24.9 Å². The summed E-state index contributed by atoms with van der Waals surface area (Å²) in [5.41, 5.74) is 2.84. The molecule has 0 atom stereocenters. The van der Waals surface area contributed by atoms with E-state index in [1.54, 1.807) is 18.5 Å². The molecule has 0 spiro atoms. The van der Waals surface area contributed by atoms with Crippen LogP contribution in [0.25, 0.3) is 17.0 Å². The maximum atomic E-state index is 12.8. The third-order valence-corrected chi connectivity index (χ3v) is 4.44. The highest BCUT2D eigenvalue weighted by molar-refractivity contribution is 6.15. The molecule has 4 rings (SSSR count). The molecule has 2 aromatic heterocycles. The van der Waals surface area contributed by atoms with Crippen LogP contribution in [0.15, 0.2) is 68.8 Å². The highest BCUT2D eigenvalue weighted by Gasteiger charge is 2.16. The lowest BCUT2D eigenvalue weighted by molar-refractivity contribution is -0.384. The molecule has 7 nitrogen and oxygen atoms in total. The van der Waals surface area contributed by atoms with Gasteiger partial charge in [-0.05, 0) is 42.7 Å². The minimum atomic E-state index is -0.529. The number of pyridine rings is 1. The van der Waals surface area contributed by atoms with E-state index in [1.165, 1.54) is 24.5 Å². The standard InChI is InChI=1S/C20H15N3O4/c24-20-15(12-27-18-6-5-16(23(25)26)10-17(18)20)9-13-3-2-8-22-19(13)14-4-1-7-21-11-14/h1,4-7,9-12H,2-3,8H2/b13-9+. The van der Waals surface area contributed by atoms with Crippen molar-refractivity contribution in [1.29, 1.82) is 0 Å². The first-order chi connectivity index (χ1) is 13.1. The Morgan fingerprint density at radius 2 is 2.15 bits per heavy atom. The molecule has 0 saturated heterocycles. The molecule has 1 aliphatic heterocycles. The second kappa shape index (κ2) is 6.95. The number of non-ortho nitro benzene ring substituents is 1. The second-order valence-electron chi connectivity index (χ2n) is 6.20. The van der Waals surface area contributed by atoms with E-state index in [0.717, 1.165) is 36.2 Å². The molecule has 0 bridgehead atoms. The summed E-state index contributed by atoms with van der Waals surface area (Å²) in [6.45, 7) is 0.722. The summed E-state index contributed by atoms with van der Waals surface area (Å²) in [6.07, 6.45) is 8.25. The van der Waals surface area contributed by atoms with E-state index in [-0.39, 0.29) is 16.5 Å². The van der Waals surface area contributed by atoms with E-state index in [9.17, 15) is 14.9 Å². The van der Waals surface area contributed by atoms with Gasteiger partial charge in [0.05, 0.1) is 21.6 Å². The lowest BCUT2D eigenvalue weighted by Gasteiger charge is -2.16. The Bertz CT molecular complexity index is 1150. The first kappa shape index (κ1) is 16.8. The van der Waals surface area contributed by atoms with Crippen molar-refractivity contribution in [3.63, 3.8) is 0 Å². The molecular weight excluding hydrogens is 346 g/mol. The van der Waals surface area contributed by atoms with Gasteiger partial charge in [0.2, 0.25) is 0 Å². The van der Waals surface area contributed by atoms with Crippen molar-refractivity contribution in [1.82, 2.24) is 4.98 Å². The van der Waals surface area contributed by atoms with E-state index in [1.807, 2.05) is 12.1 Å². The number of allylic oxidation sites excluding steroid dienone is 1. The van der Waals surface area contributed by atoms with Gasteiger partial charge in [0.25, 0.3) is 5.69 Å². The highest BCUT2D eigenvalue weighted by atomic mass is 16.6. The summed E-state index contributed by atoms with van der Waals surface area (Å²) >= 11 is 0. The molecule has 0 saturated carbocycles. The molecule has 3 heterocycles. The zero-order valence-electron chi connectivity index (χ0n) is 14.3. The lowest BCUT2D eigenvalue weighted by Crippen LogP contribution is -2.13. The zero-order chi connectivity index (χ0) is 18.8. The van der Waals surface area contributed by atoms with Gasteiger partial charge in [0.15, 0.2) is 5.43 Å². The van der Waals surface area contributed by atoms with Gasteiger partial charge in [0.1, 0.15) is 11.8 Å². The lowest BCUT2D eigenvalue weighted by atomic mass is 9.95. The van der Waals surface area contributed by atoms with Gasteiger partial charge in [-0.1, -0.05) is 0 Å². The number of aromatic nitrogens is 1. The first-order valence-electron chi connectivity index (χ1n) is 8.49. The zero-order valence-corrected chi connectivity index (χ0v) is 14.3. The molecule has 0 N–H and O–H groups in total. The van der Waals surface area contributed by atoms with E-state index in [2.05, 4.69) is 9.98 Å². The molecule has 134 valence electrons. The van der Waals surface area contributed by atoms with Gasteiger partial charge in [-0.15, -0.1) is 0 Å². The van der Waals surface area contributed by atoms with Gasteiger partial charge in [0, 0.05) is 36.6 Å². The Kier molecular flexibility index (Phi) is 4.33. The first-order valence-corrected chi connectivity index (χ1v) is 8.49. The minimum Gasteiger partial charge on any atom is -0.463 e. The number of hydrogen-bond acceptors (Lipinski definition) is 6. The van der Waals surface area contributed by atoms with Crippen LogP contribution < -0.4 is 5.43 Å². The molecule has 1 aliphatic rings. The molecule has 1 aromatic carbocycles. The van der Waals surface area contributed by atoms with Crippen LogP contribution in [-0.2, 0) is 0 Å². The Hall–Kier alpha value is -3.61. The fourth-order valence-electron chi connectivity index (χ4n) is 3.14. The smallest absolute Gasteiger partial charge is 0.270 e. The van der Waals surface area contributed by atoms with Crippen LogP contribution in [0, 0.1) is 10.1 Å². The van der Waals surface area contributed by atoms with Crippen molar-refractivity contribution in [2.24, 2.45) is 4.99 Å². The van der Waals surface area contributed by atoms with Crippen LogP contribution in [0.4, 0.5) is 5.69 Å². The molecule has 27 heavy (non-hydrogen) atoms. The Morgan fingerprint density at radius 1 is 1.26 bits per heavy atom. The summed E-state index contributed by atoms with van der Waals surface area (Å²) in [5, 5.41) is 11.2. The van der Waals surface area contributed by atoms with Gasteiger partial charge >= 0.3 is 0 Å². The summed E-state index contributed by atoms with van der Waals surface area (Å²) in [7, 11) is 0. The number of nitrogens with zero attached hydrogens (tertiary/aromatic N) is 3. The average Bonchev–Trinajstić information content (AvgIpc) is 2.71. The molecule has 3 aromatic rings. The van der Waals surface area contributed by atoms with E-state index >= 15 is 0 Å². The Labute approximate surface area is 153 Å². The fraction of sp³-hybridized carbons (Fsp3) is 0.150. The van der Waals surface area contributed by atoms with Gasteiger partial charge < -0.3 is 4.42 Å². The summed E-state index contributed by atoms with van der Waals surface area (Å²) < 4.78 is 5.52. The average molecular weight is 361 g/mol. The van der Waals surface area contributed by atoms with E-state index in [0.29, 0.717) is 11.1 Å². The Balaban J connectivity index is 1.83. The molecule has 7 heteroatoms. The van der Waals surface area contributed by atoms with Crippen molar-refractivity contribution >= 4 is 28.4 Å². The topological polar surface area (TPSA) is 98.6 Å². The maximum Gasteiger partial charge on any atom is 0.270 e. The highest BCUT2D eigenvalue weighted by Crippen LogP contribution is 2.23. The fourth-order valence-corrected chi connectivity index (χ4v) is 3.14. The number of nitro benzene ring substituents is 1. The number of hydrogen-bond donors (Lipinski definition) is 0. The third-order valence-electron chi connectivity index (χ3n) is 4.44. The van der Waals surface area contributed by atoms with Crippen molar-refractivity contribution < 1.29 is 9.34 Å². The SMILES string of the molecule is O=c1c(/C=C2\CCCN=C2c2cccnc2)coc2ccc([N+](=O)[O-])cc12. The molecule has 0 radical (unpaired) electrons. The predicted molar refractivity (Wildman–Crippen MR) is 102 cm³/mol. The number of aliphatic imine (C=N–C) groups is 1. The number of nitro groups is 1. The predicted octanol–water partition coefficient (Wildman–Crippen LogP) is 3.76. The molecule has 0 aliphatic carbocycles. The quantitative estimate of drug-likeness (QED) is 0.522. The minimum absolute atomic E-state index is 0.144. The molecule has 0 unspecified atom stereocenters. The van der Waals surface area contributed by atoms with Crippen LogP contribution in [0.1, 0.15) is 24.0 Å². The van der Waals surface area contributed by atoms with Crippen molar-refractivity contribution in [3.05, 3.63) is 86.0 Å². The van der Waals surface area contributed by atoms with Gasteiger partial charge in [-0.25, -0.2) is 0 Å². The number of rotatable bonds is 3. The van der Waals surface area contributed by atoms with Crippen LogP contribution >= 0.6 is 0 Å². The van der Waals surface area contributed by atoms with Gasteiger partial charge in [-0.2, -0.15) is 0 Å². The third kappa shape index (κ3) is 3.27. The summed E-state index contributed by atoms with van der Waals surface area (Å²) in [5.74, 6) is 0. The van der Waals surface area contributed by atoms with Crippen LogP contribution in [0.5, 0.6) is 0 Å². The second-order valence-corrected chi connectivity index (χ2v) is 6.20. The molecule has 0 fully saturated rings. The monoisotopic (exact) mass is 361 g/mol. The molecule has 0 amide bonds. The van der Waals surface area contributed by atoms with E-state index in [4.69, 9.17) is 4.42 Å². The normalized spacial score (nSPS) is 15.7. The number of fused-ring (bicyclic) bond motifs is 1. The Morgan fingerprint density at radius 3 is 2.93 bits per heavy atom. The van der Waals surface area contributed by atoms with Crippen molar-refractivity contribution in [2.75, 3.05) is 6.54 Å². The summed E-state index contributed by atoms with van der Waals surface area (Å²) in [4.78, 5) is 32.0. The van der Waals surface area contributed by atoms with Crippen molar-refractivity contribution in [2.45, 2.75) is 12.8 Å². The number of benzene rings is 1. The maximum absolute atomic E-state index is 12.8. The van der Waals surface area contributed by atoms with Crippen LogP contribution in [0.3, 0.4) is 0 Å². The van der Waals surface area contributed by atoms with Crippen molar-refractivity contribution in [3.8, 4) is 0 Å². The molecular formula is C20H15N3O4. The van der Waals surface area contributed by atoms with Crippen LogP contribution in [0.2, 0.25) is 0 Å². The summed E-state index contributed by atoms with van der Waals surface area (Å²) in [6, 6.07) is 7.78. The van der Waals surface area contributed by atoms with E-state index < -0.39 is 4.92 Å². The van der Waals surface area contributed by atoms with Crippen LogP contribution in [-0.4, -0.2) is 22.2 Å². The largest absolute Gasteiger partial charge is 0.463 e.